The second-order valence-electron chi connectivity index (χ2n) is 5.40. The molecule has 2 aromatic rings. The molecular formula is C19H24ClNOSi. The van der Waals surface area contributed by atoms with E-state index < -0.39 is 0 Å². The van der Waals surface area contributed by atoms with Gasteiger partial charge in [0.1, 0.15) is 15.7 Å². The van der Waals surface area contributed by atoms with Crippen LogP contribution in [0.3, 0.4) is 0 Å². The highest BCUT2D eigenvalue weighted by atomic mass is 35.5. The predicted molar refractivity (Wildman–Crippen MR) is 99.5 cm³/mol. The fourth-order valence-electron chi connectivity index (χ4n) is 2.54. The fraction of sp³-hybridized carbons (Fsp3) is 0.368. The zero-order valence-corrected chi connectivity index (χ0v) is 15.8. The van der Waals surface area contributed by atoms with E-state index in [4.69, 9.17) is 16.3 Å². The minimum atomic E-state index is 0.0465. The SMILES string of the molecule is CCN(CC)C(C)OC([Si]c1ccccc1)c1ccc(Cl)cc1. The van der Waals surface area contributed by atoms with Crippen molar-refractivity contribution in [3.8, 4) is 0 Å². The lowest BCUT2D eigenvalue weighted by molar-refractivity contribution is -0.0598. The Morgan fingerprint density at radius 1 is 1.00 bits per heavy atom. The Hall–Kier alpha value is -1.13. The van der Waals surface area contributed by atoms with Crippen molar-refractivity contribution in [2.24, 2.45) is 0 Å². The molecule has 2 radical (unpaired) electrons. The molecule has 2 rings (SSSR count). The third kappa shape index (κ3) is 5.46. The van der Waals surface area contributed by atoms with E-state index in [0.29, 0.717) is 9.52 Å². The van der Waals surface area contributed by atoms with Gasteiger partial charge in [-0.05, 0) is 37.7 Å². The summed E-state index contributed by atoms with van der Waals surface area (Å²) in [4.78, 5) is 2.32. The maximum Gasteiger partial charge on any atom is 0.125 e. The number of hydrogen-bond donors (Lipinski definition) is 0. The van der Waals surface area contributed by atoms with Crippen molar-refractivity contribution < 1.29 is 4.74 Å². The third-order valence-electron chi connectivity index (χ3n) is 3.90. The highest BCUT2D eigenvalue weighted by Gasteiger charge is 2.20. The summed E-state index contributed by atoms with van der Waals surface area (Å²) in [7, 11) is 0.566. The lowest BCUT2D eigenvalue weighted by Gasteiger charge is -2.30. The smallest absolute Gasteiger partial charge is 0.125 e. The molecule has 0 aliphatic rings. The van der Waals surface area contributed by atoms with Gasteiger partial charge in [0.05, 0.1) is 5.73 Å². The van der Waals surface area contributed by atoms with Crippen molar-refractivity contribution in [1.29, 1.82) is 0 Å². The van der Waals surface area contributed by atoms with Crippen LogP contribution in [-0.2, 0) is 4.74 Å². The minimum absolute atomic E-state index is 0.0465. The molecule has 4 heteroatoms. The molecule has 0 amide bonds. The molecule has 0 N–H and O–H groups in total. The van der Waals surface area contributed by atoms with E-state index in [1.165, 1.54) is 10.8 Å². The monoisotopic (exact) mass is 345 g/mol. The molecule has 0 spiro atoms. The number of ether oxygens (including phenoxy) is 1. The van der Waals surface area contributed by atoms with Gasteiger partial charge in [0, 0.05) is 5.02 Å². The van der Waals surface area contributed by atoms with Crippen LogP contribution in [0.25, 0.3) is 0 Å². The molecule has 2 atom stereocenters. The highest BCUT2D eigenvalue weighted by Crippen LogP contribution is 2.21. The maximum atomic E-state index is 6.42. The predicted octanol–water partition coefficient (Wildman–Crippen LogP) is 4.07. The molecule has 122 valence electrons. The molecule has 0 aliphatic carbocycles. The van der Waals surface area contributed by atoms with E-state index >= 15 is 0 Å². The van der Waals surface area contributed by atoms with Crippen molar-refractivity contribution >= 4 is 26.3 Å². The number of nitrogens with zero attached hydrogens (tertiary/aromatic N) is 1. The second-order valence-corrected chi connectivity index (χ2v) is 7.23. The zero-order valence-electron chi connectivity index (χ0n) is 14.0. The maximum absolute atomic E-state index is 6.42. The van der Waals surface area contributed by atoms with E-state index in [-0.39, 0.29) is 12.0 Å². The third-order valence-corrected chi connectivity index (χ3v) is 5.55. The van der Waals surface area contributed by atoms with Crippen molar-refractivity contribution in [2.45, 2.75) is 32.7 Å². The molecule has 23 heavy (non-hydrogen) atoms. The number of rotatable bonds is 8. The summed E-state index contributed by atoms with van der Waals surface area (Å²) in [5.41, 5.74) is 1.22. The quantitative estimate of drug-likeness (QED) is 0.528. The Bertz CT molecular complexity index is 572. The average Bonchev–Trinajstić information content (AvgIpc) is 2.57. The van der Waals surface area contributed by atoms with Gasteiger partial charge in [-0.3, -0.25) is 4.90 Å². The number of benzene rings is 2. The first kappa shape index (κ1) is 18.2. The summed E-state index contributed by atoms with van der Waals surface area (Å²) in [6.07, 6.45) is 0.0851. The minimum Gasteiger partial charge on any atom is -0.359 e. The lowest BCUT2D eigenvalue weighted by Crippen LogP contribution is -2.38. The first-order valence-corrected chi connectivity index (χ1v) is 9.56. The standard InChI is InChI=1S/C19H24ClNOSi/c1-4-21(5-2)15(3)22-19(16-11-13-17(20)14-12-16)23-18-9-7-6-8-10-18/h6-15,19H,4-5H2,1-3H3. The highest BCUT2D eigenvalue weighted by molar-refractivity contribution is 6.54. The normalized spacial score (nSPS) is 14.0. The first-order chi connectivity index (χ1) is 11.1. The van der Waals surface area contributed by atoms with E-state index in [1.807, 2.05) is 18.2 Å². The summed E-state index contributed by atoms with van der Waals surface area (Å²) in [6.45, 7) is 8.44. The Morgan fingerprint density at radius 3 is 2.17 bits per heavy atom. The van der Waals surface area contributed by atoms with Gasteiger partial charge < -0.3 is 4.74 Å². The summed E-state index contributed by atoms with van der Waals surface area (Å²) in [5, 5.41) is 2.06. The van der Waals surface area contributed by atoms with Crippen LogP contribution in [0.5, 0.6) is 0 Å². The molecule has 0 saturated heterocycles. The molecular weight excluding hydrogens is 322 g/mol. The average molecular weight is 346 g/mol. The molecule has 0 aliphatic heterocycles. The van der Waals surface area contributed by atoms with Crippen molar-refractivity contribution in [2.75, 3.05) is 13.1 Å². The van der Waals surface area contributed by atoms with Crippen LogP contribution in [0, 0.1) is 0 Å². The van der Waals surface area contributed by atoms with Crippen molar-refractivity contribution in [1.82, 2.24) is 4.90 Å². The fourth-order valence-corrected chi connectivity index (χ4v) is 3.98. The molecule has 0 aromatic heterocycles. The molecule has 0 fully saturated rings. The number of halogens is 1. The van der Waals surface area contributed by atoms with Crippen LogP contribution in [0.4, 0.5) is 0 Å². The Balaban J connectivity index is 2.18. The topological polar surface area (TPSA) is 12.5 Å². The molecule has 2 nitrogen and oxygen atoms in total. The first-order valence-electron chi connectivity index (χ1n) is 8.10. The van der Waals surface area contributed by atoms with Crippen LogP contribution < -0.4 is 5.19 Å². The van der Waals surface area contributed by atoms with Crippen molar-refractivity contribution in [3.63, 3.8) is 0 Å². The Labute approximate surface area is 147 Å². The van der Waals surface area contributed by atoms with Crippen LogP contribution in [0.2, 0.25) is 5.02 Å². The van der Waals surface area contributed by atoms with Gasteiger partial charge in [0.25, 0.3) is 0 Å². The van der Waals surface area contributed by atoms with Gasteiger partial charge in [0.2, 0.25) is 0 Å². The van der Waals surface area contributed by atoms with Gasteiger partial charge in [0.15, 0.2) is 0 Å². The summed E-state index contributed by atoms with van der Waals surface area (Å²) in [6, 6.07) is 18.5. The summed E-state index contributed by atoms with van der Waals surface area (Å²) < 4.78 is 6.42. The second kappa shape index (κ2) is 9.23. The summed E-state index contributed by atoms with van der Waals surface area (Å²) >= 11 is 6.03. The van der Waals surface area contributed by atoms with Crippen molar-refractivity contribution in [3.05, 3.63) is 65.2 Å². The number of hydrogen-bond acceptors (Lipinski definition) is 2. The van der Waals surface area contributed by atoms with Crippen LogP contribution >= 0.6 is 11.6 Å². The lowest BCUT2D eigenvalue weighted by atomic mass is 10.2. The van der Waals surface area contributed by atoms with Crippen LogP contribution in [0.1, 0.15) is 32.1 Å². The molecule has 0 bridgehead atoms. The van der Waals surface area contributed by atoms with Gasteiger partial charge >= 0.3 is 0 Å². The molecule has 2 unspecified atom stereocenters. The van der Waals surface area contributed by atoms with E-state index in [1.54, 1.807) is 0 Å². The molecule has 0 heterocycles. The van der Waals surface area contributed by atoms with Crippen LogP contribution in [-0.4, -0.2) is 33.7 Å². The van der Waals surface area contributed by atoms with E-state index in [2.05, 4.69) is 62.1 Å². The van der Waals surface area contributed by atoms with Gasteiger partial charge in [-0.1, -0.05) is 73.1 Å². The van der Waals surface area contributed by atoms with Gasteiger partial charge in [-0.25, -0.2) is 0 Å². The van der Waals surface area contributed by atoms with E-state index in [0.717, 1.165) is 18.1 Å². The summed E-state index contributed by atoms with van der Waals surface area (Å²) in [5.74, 6) is 0. The van der Waals surface area contributed by atoms with Gasteiger partial charge in [-0.15, -0.1) is 0 Å². The van der Waals surface area contributed by atoms with Crippen LogP contribution in [0.15, 0.2) is 54.6 Å². The van der Waals surface area contributed by atoms with Gasteiger partial charge in [-0.2, -0.15) is 0 Å². The Morgan fingerprint density at radius 2 is 1.61 bits per heavy atom. The molecule has 0 saturated carbocycles. The zero-order chi connectivity index (χ0) is 16.7. The van der Waals surface area contributed by atoms with E-state index in [9.17, 15) is 0 Å². The molecule has 2 aromatic carbocycles. The largest absolute Gasteiger partial charge is 0.359 e. The Kier molecular flexibility index (Phi) is 7.31.